The van der Waals surface area contributed by atoms with Crippen LogP contribution >= 0.6 is 23.2 Å². The molecule has 132 valence electrons. The summed E-state index contributed by atoms with van der Waals surface area (Å²) in [6.07, 6.45) is 1.55. The Morgan fingerprint density at radius 1 is 1.04 bits per heavy atom. The van der Waals surface area contributed by atoms with Gasteiger partial charge in [-0.05, 0) is 42.5 Å². The quantitative estimate of drug-likeness (QED) is 0.615. The Labute approximate surface area is 160 Å². The van der Waals surface area contributed by atoms with Gasteiger partial charge in [-0.2, -0.15) is 0 Å². The molecule has 2 aromatic carbocycles. The van der Waals surface area contributed by atoms with Crippen molar-refractivity contribution >= 4 is 46.3 Å². The standard InChI is InChI=1S/C19H15Cl2N3O2/c1-26-14-5-2-4-12(10-14)19(25)23-13-8-9-17(22-11-13)24-18-15(20)6-3-7-16(18)21/h2-11H,1H3,(H,22,24)(H,23,25). The molecule has 0 atom stereocenters. The number of rotatable bonds is 5. The van der Waals surface area contributed by atoms with Crippen LogP contribution in [0.25, 0.3) is 0 Å². The molecule has 0 saturated heterocycles. The zero-order chi connectivity index (χ0) is 18.5. The molecular formula is C19H15Cl2N3O2. The number of hydrogen-bond acceptors (Lipinski definition) is 4. The fourth-order valence-electron chi connectivity index (χ4n) is 2.25. The van der Waals surface area contributed by atoms with Crippen LogP contribution in [-0.2, 0) is 0 Å². The van der Waals surface area contributed by atoms with Crippen molar-refractivity contribution < 1.29 is 9.53 Å². The maximum atomic E-state index is 12.3. The molecule has 0 fully saturated rings. The number of para-hydroxylation sites is 1. The molecule has 0 saturated carbocycles. The lowest BCUT2D eigenvalue weighted by Gasteiger charge is -2.10. The van der Waals surface area contributed by atoms with E-state index in [1.807, 2.05) is 0 Å². The van der Waals surface area contributed by atoms with E-state index in [4.69, 9.17) is 27.9 Å². The number of ether oxygens (including phenoxy) is 1. The van der Waals surface area contributed by atoms with E-state index in [1.165, 1.54) is 0 Å². The Bertz CT molecular complexity index is 910. The first-order valence-electron chi connectivity index (χ1n) is 7.69. The van der Waals surface area contributed by atoms with Gasteiger partial charge in [-0.15, -0.1) is 0 Å². The molecule has 0 spiro atoms. The molecule has 1 heterocycles. The lowest BCUT2D eigenvalue weighted by Crippen LogP contribution is -2.12. The molecule has 0 aliphatic heterocycles. The molecule has 0 radical (unpaired) electrons. The normalized spacial score (nSPS) is 10.3. The van der Waals surface area contributed by atoms with Crippen LogP contribution in [0.5, 0.6) is 5.75 Å². The Hall–Kier alpha value is -2.76. The molecule has 0 aliphatic carbocycles. The molecule has 0 unspecified atom stereocenters. The molecule has 2 N–H and O–H groups in total. The highest BCUT2D eigenvalue weighted by Crippen LogP contribution is 2.32. The number of methoxy groups -OCH3 is 1. The molecule has 5 nitrogen and oxygen atoms in total. The highest BCUT2D eigenvalue weighted by Gasteiger charge is 2.09. The van der Waals surface area contributed by atoms with E-state index in [9.17, 15) is 4.79 Å². The minimum absolute atomic E-state index is 0.249. The number of amides is 1. The first kappa shape index (κ1) is 18.0. The van der Waals surface area contributed by atoms with Crippen LogP contribution in [0.4, 0.5) is 17.2 Å². The van der Waals surface area contributed by atoms with E-state index in [-0.39, 0.29) is 5.91 Å². The predicted molar refractivity (Wildman–Crippen MR) is 105 cm³/mol. The van der Waals surface area contributed by atoms with E-state index in [1.54, 1.807) is 67.9 Å². The third-order valence-electron chi connectivity index (χ3n) is 3.57. The van der Waals surface area contributed by atoms with Gasteiger partial charge in [0.2, 0.25) is 0 Å². The predicted octanol–water partition coefficient (Wildman–Crippen LogP) is 5.39. The summed E-state index contributed by atoms with van der Waals surface area (Å²) in [6.45, 7) is 0. The van der Waals surface area contributed by atoms with Gasteiger partial charge in [0.05, 0.1) is 34.7 Å². The zero-order valence-electron chi connectivity index (χ0n) is 13.8. The second-order valence-corrected chi connectivity index (χ2v) is 6.15. The highest BCUT2D eigenvalue weighted by atomic mass is 35.5. The molecule has 1 amide bonds. The summed E-state index contributed by atoms with van der Waals surface area (Å²) in [5.74, 6) is 0.923. The van der Waals surface area contributed by atoms with Crippen LogP contribution < -0.4 is 15.4 Å². The minimum atomic E-state index is -0.249. The molecular weight excluding hydrogens is 373 g/mol. The molecule has 3 aromatic rings. The molecule has 7 heteroatoms. The third-order valence-corrected chi connectivity index (χ3v) is 4.20. The Balaban J connectivity index is 1.70. The largest absolute Gasteiger partial charge is 0.497 e. The number of anilines is 3. The van der Waals surface area contributed by atoms with Crippen molar-refractivity contribution in [3.63, 3.8) is 0 Å². The summed E-state index contributed by atoms with van der Waals surface area (Å²) >= 11 is 12.3. The average molecular weight is 388 g/mol. The summed E-state index contributed by atoms with van der Waals surface area (Å²) in [7, 11) is 1.55. The lowest BCUT2D eigenvalue weighted by molar-refractivity contribution is 0.102. The van der Waals surface area contributed by atoms with Gasteiger partial charge in [-0.3, -0.25) is 4.79 Å². The molecule has 1 aromatic heterocycles. The fraction of sp³-hybridized carbons (Fsp3) is 0.0526. The topological polar surface area (TPSA) is 63.2 Å². The van der Waals surface area contributed by atoms with Gasteiger partial charge in [-0.1, -0.05) is 35.3 Å². The van der Waals surface area contributed by atoms with Crippen LogP contribution in [0.15, 0.2) is 60.8 Å². The zero-order valence-corrected chi connectivity index (χ0v) is 15.3. The monoisotopic (exact) mass is 387 g/mol. The second kappa shape index (κ2) is 8.08. The third kappa shape index (κ3) is 4.25. The summed E-state index contributed by atoms with van der Waals surface area (Å²) in [5, 5.41) is 6.84. The van der Waals surface area contributed by atoms with Crippen molar-refractivity contribution in [2.75, 3.05) is 17.7 Å². The van der Waals surface area contributed by atoms with Crippen LogP contribution in [-0.4, -0.2) is 18.0 Å². The maximum Gasteiger partial charge on any atom is 0.255 e. The number of halogens is 2. The summed E-state index contributed by atoms with van der Waals surface area (Å²) < 4.78 is 5.12. The van der Waals surface area contributed by atoms with Gasteiger partial charge >= 0.3 is 0 Å². The van der Waals surface area contributed by atoms with Gasteiger partial charge in [0.25, 0.3) is 5.91 Å². The van der Waals surface area contributed by atoms with Crippen molar-refractivity contribution in [3.05, 3.63) is 76.4 Å². The van der Waals surface area contributed by atoms with E-state index >= 15 is 0 Å². The van der Waals surface area contributed by atoms with E-state index < -0.39 is 0 Å². The summed E-state index contributed by atoms with van der Waals surface area (Å²) in [5.41, 5.74) is 1.64. The lowest BCUT2D eigenvalue weighted by atomic mass is 10.2. The van der Waals surface area contributed by atoms with Crippen LogP contribution in [0.2, 0.25) is 10.0 Å². The van der Waals surface area contributed by atoms with Crippen molar-refractivity contribution in [1.29, 1.82) is 0 Å². The Morgan fingerprint density at radius 2 is 1.77 bits per heavy atom. The van der Waals surface area contributed by atoms with E-state index in [0.717, 1.165) is 0 Å². The van der Waals surface area contributed by atoms with Crippen molar-refractivity contribution in [1.82, 2.24) is 4.98 Å². The van der Waals surface area contributed by atoms with Gasteiger partial charge < -0.3 is 15.4 Å². The van der Waals surface area contributed by atoms with Gasteiger partial charge in [0.1, 0.15) is 11.6 Å². The molecule has 26 heavy (non-hydrogen) atoms. The first-order valence-corrected chi connectivity index (χ1v) is 8.45. The number of carbonyl (C=O) groups excluding carboxylic acids is 1. The average Bonchev–Trinajstić information content (AvgIpc) is 2.66. The minimum Gasteiger partial charge on any atom is -0.497 e. The Morgan fingerprint density at radius 3 is 2.42 bits per heavy atom. The van der Waals surface area contributed by atoms with Gasteiger partial charge in [0.15, 0.2) is 0 Å². The number of pyridine rings is 1. The maximum absolute atomic E-state index is 12.3. The number of carbonyl (C=O) groups is 1. The number of hydrogen-bond donors (Lipinski definition) is 2. The highest BCUT2D eigenvalue weighted by molar-refractivity contribution is 6.39. The van der Waals surface area contributed by atoms with Gasteiger partial charge in [-0.25, -0.2) is 4.98 Å². The smallest absolute Gasteiger partial charge is 0.255 e. The van der Waals surface area contributed by atoms with Gasteiger partial charge in [0, 0.05) is 5.56 Å². The second-order valence-electron chi connectivity index (χ2n) is 5.34. The SMILES string of the molecule is COc1cccc(C(=O)Nc2ccc(Nc3c(Cl)cccc3Cl)nc2)c1. The van der Waals surface area contributed by atoms with Crippen LogP contribution in [0.1, 0.15) is 10.4 Å². The van der Waals surface area contributed by atoms with E-state index in [0.29, 0.717) is 38.6 Å². The number of aromatic nitrogens is 1. The number of nitrogens with one attached hydrogen (secondary N) is 2. The van der Waals surface area contributed by atoms with Crippen molar-refractivity contribution in [3.8, 4) is 5.75 Å². The Kier molecular flexibility index (Phi) is 5.61. The van der Waals surface area contributed by atoms with E-state index in [2.05, 4.69) is 15.6 Å². The number of benzene rings is 2. The first-order chi connectivity index (χ1) is 12.6. The summed E-state index contributed by atoms with van der Waals surface area (Å²) in [4.78, 5) is 16.6. The summed E-state index contributed by atoms with van der Waals surface area (Å²) in [6, 6.07) is 15.6. The fourth-order valence-corrected chi connectivity index (χ4v) is 2.75. The van der Waals surface area contributed by atoms with Crippen molar-refractivity contribution in [2.45, 2.75) is 0 Å². The van der Waals surface area contributed by atoms with Crippen LogP contribution in [0, 0.1) is 0 Å². The molecule has 0 aliphatic rings. The number of nitrogens with zero attached hydrogens (tertiary/aromatic N) is 1. The molecule has 0 bridgehead atoms. The van der Waals surface area contributed by atoms with Crippen molar-refractivity contribution in [2.24, 2.45) is 0 Å². The molecule has 3 rings (SSSR count). The van der Waals surface area contributed by atoms with Crippen LogP contribution in [0.3, 0.4) is 0 Å².